The standard InChI is InChI=1S/C26H23F4N5O4S/c1-35(2)24-32-19(13-20(33-24)15-3-5-17(6-4-15)26(28,29)30)14-31-23(36)25(9-10-25)34-40(37,38)22-12-16-11-18(27)7-8-21(16)39-22/h3-8,11-13,34H,9-10,14H2,1-2H3,(H,31,36). The molecular formula is C26H23F4N5O4S. The summed E-state index contributed by atoms with van der Waals surface area (Å²) in [6.07, 6.45) is -3.98. The van der Waals surface area contributed by atoms with E-state index in [1.807, 2.05) is 0 Å². The molecule has 0 radical (unpaired) electrons. The molecule has 210 valence electrons. The Hall–Kier alpha value is -4.04. The van der Waals surface area contributed by atoms with Crippen molar-refractivity contribution in [2.75, 3.05) is 19.0 Å². The molecule has 0 atom stereocenters. The van der Waals surface area contributed by atoms with Crippen LogP contribution in [0.4, 0.5) is 23.5 Å². The Bertz CT molecular complexity index is 1700. The minimum absolute atomic E-state index is 0.0940. The summed E-state index contributed by atoms with van der Waals surface area (Å²) >= 11 is 0. The van der Waals surface area contributed by atoms with Gasteiger partial charge in [0.25, 0.3) is 10.0 Å². The summed E-state index contributed by atoms with van der Waals surface area (Å²) in [6, 6.07) is 10.8. The fourth-order valence-corrected chi connectivity index (χ4v) is 5.42. The van der Waals surface area contributed by atoms with Gasteiger partial charge >= 0.3 is 6.18 Å². The SMILES string of the molecule is CN(C)c1nc(CNC(=O)C2(NS(=O)(=O)c3cc4cc(F)ccc4o3)CC2)cc(-c2ccc(C(F)(F)F)cc2)n1. The summed E-state index contributed by atoms with van der Waals surface area (Å²) in [4.78, 5) is 23.4. The zero-order chi connectivity index (χ0) is 28.9. The number of nitrogens with one attached hydrogen (secondary N) is 2. The highest BCUT2D eigenvalue weighted by Crippen LogP contribution is 2.38. The van der Waals surface area contributed by atoms with Gasteiger partial charge in [-0.05, 0) is 49.2 Å². The Kier molecular flexibility index (Phi) is 6.78. The van der Waals surface area contributed by atoms with Crippen LogP contribution in [0.5, 0.6) is 0 Å². The van der Waals surface area contributed by atoms with Crippen LogP contribution in [0.15, 0.2) is 64.1 Å². The number of carbonyl (C=O) groups is 1. The van der Waals surface area contributed by atoms with E-state index in [4.69, 9.17) is 4.42 Å². The Morgan fingerprint density at radius 2 is 1.75 bits per heavy atom. The topological polar surface area (TPSA) is 117 Å². The molecule has 2 heterocycles. The molecule has 14 heteroatoms. The molecule has 5 rings (SSSR count). The van der Waals surface area contributed by atoms with Crippen molar-refractivity contribution in [3.63, 3.8) is 0 Å². The van der Waals surface area contributed by atoms with Gasteiger partial charge in [0.15, 0.2) is 0 Å². The third-order valence-electron chi connectivity index (χ3n) is 6.34. The van der Waals surface area contributed by atoms with Crippen molar-refractivity contribution in [2.24, 2.45) is 0 Å². The number of amides is 1. The molecule has 1 aliphatic carbocycles. The van der Waals surface area contributed by atoms with Gasteiger partial charge in [-0.1, -0.05) is 12.1 Å². The van der Waals surface area contributed by atoms with Crippen molar-refractivity contribution >= 4 is 32.8 Å². The first kappa shape index (κ1) is 27.5. The van der Waals surface area contributed by atoms with Gasteiger partial charge in [0, 0.05) is 31.1 Å². The van der Waals surface area contributed by atoms with E-state index in [-0.39, 0.29) is 36.3 Å². The Labute approximate surface area is 226 Å². The minimum Gasteiger partial charge on any atom is -0.443 e. The van der Waals surface area contributed by atoms with E-state index in [1.54, 1.807) is 19.0 Å². The number of sulfonamides is 1. The van der Waals surface area contributed by atoms with Crippen LogP contribution in [0.1, 0.15) is 24.1 Å². The minimum atomic E-state index is -4.48. The van der Waals surface area contributed by atoms with E-state index in [2.05, 4.69) is 20.0 Å². The first-order valence-electron chi connectivity index (χ1n) is 12.0. The highest BCUT2D eigenvalue weighted by Gasteiger charge is 2.53. The number of aromatic nitrogens is 2. The summed E-state index contributed by atoms with van der Waals surface area (Å²) in [5.41, 5.74) is -0.877. The maximum absolute atomic E-state index is 13.5. The highest BCUT2D eigenvalue weighted by molar-refractivity contribution is 7.89. The molecule has 1 aliphatic rings. The number of hydrogen-bond donors (Lipinski definition) is 2. The van der Waals surface area contributed by atoms with Gasteiger partial charge in [0.1, 0.15) is 16.9 Å². The number of carbonyl (C=O) groups excluding carboxylic acids is 1. The van der Waals surface area contributed by atoms with Gasteiger partial charge in [-0.3, -0.25) is 4.79 Å². The zero-order valence-electron chi connectivity index (χ0n) is 21.2. The van der Waals surface area contributed by atoms with E-state index in [1.165, 1.54) is 30.3 Å². The van der Waals surface area contributed by atoms with Crippen LogP contribution in [-0.4, -0.2) is 43.9 Å². The molecule has 1 amide bonds. The van der Waals surface area contributed by atoms with E-state index < -0.39 is 44.1 Å². The van der Waals surface area contributed by atoms with E-state index >= 15 is 0 Å². The van der Waals surface area contributed by atoms with Gasteiger partial charge in [-0.25, -0.2) is 22.8 Å². The Balaban J connectivity index is 1.32. The first-order valence-corrected chi connectivity index (χ1v) is 13.5. The van der Waals surface area contributed by atoms with Crippen LogP contribution in [-0.2, 0) is 27.5 Å². The Morgan fingerprint density at radius 1 is 1.05 bits per heavy atom. The molecule has 0 aliphatic heterocycles. The molecule has 0 spiro atoms. The number of fused-ring (bicyclic) bond motifs is 1. The lowest BCUT2D eigenvalue weighted by molar-refractivity contribution is -0.137. The lowest BCUT2D eigenvalue weighted by Gasteiger charge is -2.17. The number of alkyl halides is 3. The lowest BCUT2D eigenvalue weighted by Crippen LogP contribution is -2.48. The number of rotatable bonds is 8. The van der Waals surface area contributed by atoms with Crippen molar-refractivity contribution in [3.05, 3.63) is 71.7 Å². The lowest BCUT2D eigenvalue weighted by atomic mass is 10.1. The molecule has 0 bridgehead atoms. The van der Waals surface area contributed by atoms with E-state index in [0.717, 1.165) is 24.3 Å². The number of furan rings is 1. The number of nitrogens with zero attached hydrogens (tertiary/aromatic N) is 3. The van der Waals surface area contributed by atoms with Crippen LogP contribution in [0, 0.1) is 5.82 Å². The molecule has 2 N–H and O–H groups in total. The van der Waals surface area contributed by atoms with E-state index in [9.17, 15) is 30.8 Å². The molecule has 0 unspecified atom stereocenters. The smallest absolute Gasteiger partial charge is 0.416 e. The van der Waals surface area contributed by atoms with Crippen LogP contribution in [0.3, 0.4) is 0 Å². The highest BCUT2D eigenvalue weighted by atomic mass is 32.2. The van der Waals surface area contributed by atoms with Crippen molar-refractivity contribution in [2.45, 2.75) is 36.2 Å². The average Bonchev–Trinajstić information content (AvgIpc) is 3.54. The largest absolute Gasteiger partial charge is 0.443 e. The van der Waals surface area contributed by atoms with Crippen LogP contribution < -0.4 is 14.9 Å². The summed E-state index contributed by atoms with van der Waals surface area (Å²) in [5.74, 6) is -0.865. The molecule has 40 heavy (non-hydrogen) atoms. The number of benzene rings is 2. The van der Waals surface area contributed by atoms with E-state index in [0.29, 0.717) is 17.0 Å². The molecule has 0 saturated heterocycles. The van der Waals surface area contributed by atoms with Gasteiger partial charge < -0.3 is 14.6 Å². The predicted molar refractivity (Wildman–Crippen MR) is 137 cm³/mol. The normalized spacial score (nSPS) is 14.8. The Morgan fingerprint density at radius 3 is 2.38 bits per heavy atom. The van der Waals surface area contributed by atoms with Gasteiger partial charge in [-0.15, -0.1) is 0 Å². The average molecular weight is 578 g/mol. The van der Waals surface area contributed by atoms with Crippen LogP contribution in [0.2, 0.25) is 0 Å². The fraction of sp³-hybridized carbons (Fsp3) is 0.269. The second-order valence-electron chi connectivity index (χ2n) is 9.63. The van der Waals surface area contributed by atoms with Crippen molar-refractivity contribution in [1.82, 2.24) is 20.0 Å². The van der Waals surface area contributed by atoms with Crippen LogP contribution in [0.25, 0.3) is 22.2 Å². The monoisotopic (exact) mass is 577 g/mol. The fourth-order valence-electron chi connectivity index (χ4n) is 4.02. The summed E-state index contributed by atoms with van der Waals surface area (Å²) in [7, 11) is -0.867. The number of anilines is 1. The van der Waals surface area contributed by atoms with Gasteiger partial charge in [0.05, 0.1) is 23.5 Å². The third-order valence-corrected chi connectivity index (χ3v) is 7.73. The number of halogens is 4. The molecule has 1 fully saturated rings. The molecule has 9 nitrogen and oxygen atoms in total. The zero-order valence-corrected chi connectivity index (χ0v) is 22.0. The maximum atomic E-state index is 13.5. The van der Waals surface area contributed by atoms with Gasteiger partial charge in [0.2, 0.25) is 16.9 Å². The summed E-state index contributed by atoms with van der Waals surface area (Å²) in [6.45, 7) is -0.0940. The maximum Gasteiger partial charge on any atom is 0.416 e. The quantitative estimate of drug-likeness (QED) is 0.301. The summed E-state index contributed by atoms with van der Waals surface area (Å²) in [5, 5.41) is 2.50. The van der Waals surface area contributed by atoms with Crippen LogP contribution >= 0.6 is 0 Å². The summed E-state index contributed by atoms with van der Waals surface area (Å²) < 4.78 is 86.0. The third kappa shape index (κ3) is 5.63. The molecule has 2 aromatic heterocycles. The molecule has 1 saturated carbocycles. The van der Waals surface area contributed by atoms with Crippen molar-refractivity contribution in [3.8, 4) is 11.3 Å². The van der Waals surface area contributed by atoms with Gasteiger partial charge in [-0.2, -0.15) is 17.9 Å². The first-order chi connectivity index (χ1) is 18.8. The van der Waals surface area contributed by atoms with Crippen molar-refractivity contribution in [1.29, 1.82) is 0 Å². The molecular weight excluding hydrogens is 554 g/mol. The number of hydrogen-bond acceptors (Lipinski definition) is 7. The second kappa shape index (κ2) is 9.86. The predicted octanol–water partition coefficient (Wildman–Crippen LogP) is 4.24. The second-order valence-corrected chi connectivity index (χ2v) is 11.2. The van der Waals surface area contributed by atoms with Crippen molar-refractivity contribution < 1.29 is 35.2 Å². The molecule has 2 aromatic carbocycles. The molecule has 4 aromatic rings.